The lowest BCUT2D eigenvalue weighted by Crippen LogP contribution is -1.99. The van der Waals surface area contributed by atoms with Gasteiger partial charge in [0.15, 0.2) is 11.6 Å². The van der Waals surface area contributed by atoms with Gasteiger partial charge in [0.25, 0.3) is 0 Å². The summed E-state index contributed by atoms with van der Waals surface area (Å²) < 4.78 is 27.2. The zero-order valence-corrected chi connectivity index (χ0v) is 12.7. The molecule has 1 N–H and O–H groups in total. The average Bonchev–Trinajstić information content (AvgIpc) is 2.85. The summed E-state index contributed by atoms with van der Waals surface area (Å²) in [4.78, 5) is 7.43. The summed E-state index contributed by atoms with van der Waals surface area (Å²) >= 11 is 10.0. The fourth-order valence-corrected chi connectivity index (χ4v) is 3.86. The highest BCUT2D eigenvalue weighted by atomic mass is 79.9. The molecule has 0 bridgehead atoms. The largest absolute Gasteiger partial charge is 0.342 e. The number of hydrogen-bond donors (Lipinski definition) is 1. The van der Waals surface area contributed by atoms with Gasteiger partial charge in [0.2, 0.25) is 0 Å². The van der Waals surface area contributed by atoms with Crippen LogP contribution in [0.3, 0.4) is 0 Å². The highest BCUT2D eigenvalue weighted by Gasteiger charge is 2.18. The Hall–Kier alpha value is -0.790. The van der Waals surface area contributed by atoms with Crippen LogP contribution in [0.25, 0.3) is 11.4 Å². The molecule has 0 spiro atoms. The van der Waals surface area contributed by atoms with Crippen LogP contribution in [0.5, 0.6) is 0 Å². The molecule has 0 saturated heterocycles. The Kier molecular flexibility index (Phi) is 3.44. The van der Waals surface area contributed by atoms with E-state index in [4.69, 9.17) is 12.2 Å². The number of halogens is 3. The molecule has 0 amide bonds. The molecule has 2 heterocycles. The molecule has 7 heteroatoms. The van der Waals surface area contributed by atoms with E-state index in [1.54, 1.807) is 11.8 Å². The smallest absolute Gasteiger partial charge is 0.173 e. The predicted octanol–water partition coefficient (Wildman–Crippen LogP) is 4.59. The first-order valence-corrected chi connectivity index (χ1v) is 7.77. The van der Waals surface area contributed by atoms with Gasteiger partial charge in [0, 0.05) is 28.3 Å². The van der Waals surface area contributed by atoms with Crippen molar-refractivity contribution in [3.63, 3.8) is 0 Å². The fourth-order valence-electron chi connectivity index (χ4n) is 1.91. The maximum atomic E-state index is 13.6. The Balaban J connectivity index is 2.21. The van der Waals surface area contributed by atoms with Gasteiger partial charge in [0.05, 0.1) is 4.47 Å². The molecule has 0 unspecified atom stereocenters. The second-order valence-corrected chi connectivity index (χ2v) is 6.23. The molecular formula is C12H7BrF2N2S2. The number of hydrogen-bond acceptors (Lipinski definition) is 3. The van der Waals surface area contributed by atoms with E-state index in [2.05, 4.69) is 25.9 Å². The predicted molar refractivity (Wildman–Crippen MR) is 77.5 cm³/mol. The molecule has 0 aliphatic carbocycles. The lowest BCUT2D eigenvalue weighted by atomic mass is 10.2. The third-order valence-corrected chi connectivity index (χ3v) is 4.99. The molecule has 1 aromatic heterocycles. The Morgan fingerprint density at radius 3 is 2.89 bits per heavy atom. The zero-order chi connectivity index (χ0) is 13.6. The molecule has 0 saturated carbocycles. The third kappa shape index (κ3) is 2.23. The number of fused-ring (bicyclic) bond motifs is 1. The van der Waals surface area contributed by atoms with Crippen LogP contribution in [0.2, 0.25) is 0 Å². The lowest BCUT2D eigenvalue weighted by Gasteiger charge is -2.08. The molecule has 2 aromatic rings. The number of nitrogens with zero attached hydrogens (tertiary/aromatic N) is 1. The van der Waals surface area contributed by atoms with Gasteiger partial charge in [-0.15, -0.1) is 0 Å². The fraction of sp³-hybridized carbons (Fsp3) is 0.167. The van der Waals surface area contributed by atoms with E-state index in [1.165, 1.54) is 6.07 Å². The van der Waals surface area contributed by atoms with Crippen LogP contribution in [0, 0.1) is 16.3 Å². The van der Waals surface area contributed by atoms with E-state index in [-0.39, 0.29) is 4.47 Å². The standard InChI is InChI=1S/C12H7BrF2N2S2/c13-9-5(1-2-7(14)10(9)15)11-16-8-4-19-3-6(8)12(18)17-11/h1-2H,3-4H2,(H,16,17,18). The van der Waals surface area contributed by atoms with Crippen molar-refractivity contribution in [2.24, 2.45) is 0 Å². The Morgan fingerprint density at radius 2 is 2.11 bits per heavy atom. The average molecular weight is 361 g/mol. The van der Waals surface area contributed by atoms with Crippen LogP contribution < -0.4 is 0 Å². The number of thioether (sulfide) groups is 1. The van der Waals surface area contributed by atoms with Gasteiger partial charge >= 0.3 is 0 Å². The molecule has 1 aliphatic rings. The summed E-state index contributed by atoms with van der Waals surface area (Å²) in [5.74, 6) is 0.309. The lowest BCUT2D eigenvalue weighted by molar-refractivity contribution is 0.504. The number of nitrogens with one attached hydrogen (secondary N) is 1. The number of benzene rings is 1. The van der Waals surface area contributed by atoms with Crippen molar-refractivity contribution in [2.45, 2.75) is 11.5 Å². The van der Waals surface area contributed by atoms with Crippen LogP contribution in [0.15, 0.2) is 16.6 Å². The Labute approximate surface area is 125 Å². The van der Waals surface area contributed by atoms with Crippen LogP contribution in [0.1, 0.15) is 11.3 Å². The highest BCUT2D eigenvalue weighted by molar-refractivity contribution is 9.10. The molecule has 1 aliphatic heterocycles. The first kappa shape index (κ1) is 13.2. The maximum absolute atomic E-state index is 13.6. The van der Waals surface area contributed by atoms with E-state index in [0.29, 0.717) is 16.0 Å². The summed E-state index contributed by atoms with van der Waals surface area (Å²) in [6.45, 7) is 0. The monoisotopic (exact) mass is 360 g/mol. The second-order valence-electron chi connectivity index (χ2n) is 4.06. The molecule has 2 nitrogen and oxygen atoms in total. The van der Waals surface area contributed by atoms with E-state index in [9.17, 15) is 8.78 Å². The molecule has 0 fully saturated rings. The van der Waals surface area contributed by atoms with Crippen molar-refractivity contribution in [2.75, 3.05) is 0 Å². The highest BCUT2D eigenvalue weighted by Crippen LogP contribution is 2.33. The van der Waals surface area contributed by atoms with Crippen molar-refractivity contribution >= 4 is 39.9 Å². The summed E-state index contributed by atoms with van der Waals surface area (Å²) in [5, 5.41) is 0. The topological polar surface area (TPSA) is 28.7 Å². The van der Waals surface area contributed by atoms with Gasteiger partial charge in [-0.2, -0.15) is 11.8 Å². The number of H-pyrrole nitrogens is 1. The van der Waals surface area contributed by atoms with Crippen molar-refractivity contribution < 1.29 is 8.78 Å². The summed E-state index contributed by atoms with van der Waals surface area (Å²) in [6.07, 6.45) is 0. The van der Waals surface area contributed by atoms with Crippen molar-refractivity contribution in [1.29, 1.82) is 0 Å². The number of aromatic nitrogens is 2. The molecule has 19 heavy (non-hydrogen) atoms. The van der Waals surface area contributed by atoms with Crippen LogP contribution in [-0.4, -0.2) is 9.97 Å². The van der Waals surface area contributed by atoms with Crippen LogP contribution >= 0.6 is 39.9 Å². The third-order valence-electron chi connectivity index (χ3n) is 2.89. The van der Waals surface area contributed by atoms with Gasteiger partial charge in [-0.3, -0.25) is 0 Å². The summed E-state index contributed by atoms with van der Waals surface area (Å²) in [5.41, 5.74) is 2.50. The van der Waals surface area contributed by atoms with Gasteiger partial charge in [-0.25, -0.2) is 13.8 Å². The van der Waals surface area contributed by atoms with Crippen molar-refractivity contribution in [3.05, 3.63) is 44.1 Å². The Bertz CT molecular complexity index is 730. The van der Waals surface area contributed by atoms with Gasteiger partial charge in [0.1, 0.15) is 10.5 Å². The SMILES string of the molecule is Fc1ccc(-c2nc(=S)c3c([nH]2)CSC3)c(Br)c1F. The molecule has 3 rings (SSSR count). The quantitative estimate of drug-likeness (QED) is 0.595. The number of rotatable bonds is 1. The van der Waals surface area contributed by atoms with Crippen molar-refractivity contribution in [3.8, 4) is 11.4 Å². The molecular weight excluding hydrogens is 354 g/mol. The minimum absolute atomic E-state index is 0.0521. The maximum Gasteiger partial charge on any atom is 0.173 e. The van der Waals surface area contributed by atoms with E-state index < -0.39 is 11.6 Å². The van der Waals surface area contributed by atoms with E-state index >= 15 is 0 Å². The molecule has 1 aromatic carbocycles. The minimum Gasteiger partial charge on any atom is -0.342 e. The van der Waals surface area contributed by atoms with Crippen LogP contribution in [-0.2, 0) is 11.5 Å². The second kappa shape index (κ2) is 4.96. The van der Waals surface area contributed by atoms with Gasteiger partial charge in [-0.05, 0) is 28.1 Å². The first-order valence-electron chi connectivity index (χ1n) is 5.41. The summed E-state index contributed by atoms with van der Waals surface area (Å²) in [7, 11) is 0. The van der Waals surface area contributed by atoms with E-state index in [0.717, 1.165) is 28.8 Å². The minimum atomic E-state index is -0.923. The molecule has 0 radical (unpaired) electrons. The summed E-state index contributed by atoms with van der Waals surface area (Å²) in [6, 6.07) is 2.56. The normalized spacial score (nSPS) is 13.6. The Morgan fingerprint density at radius 1 is 1.32 bits per heavy atom. The molecule has 98 valence electrons. The first-order chi connectivity index (χ1) is 9.08. The van der Waals surface area contributed by atoms with Crippen molar-refractivity contribution in [1.82, 2.24) is 9.97 Å². The number of aromatic amines is 1. The van der Waals surface area contributed by atoms with Gasteiger partial charge in [-0.1, -0.05) is 12.2 Å². The zero-order valence-electron chi connectivity index (χ0n) is 9.47. The van der Waals surface area contributed by atoms with Gasteiger partial charge < -0.3 is 4.98 Å². The van der Waals surface area contributed by atoms with E-state index in [1.807, 2.05) is 0 Å². The molecule has 0 atom stereocenters. The van der Waals surface area contributed by atoms with Crippen LogP contribution in [0.4, 0.5) is 8.78 Å².